The summed E-state index contributed by atoms with van der Waals surface area (Å²) in [6.07, 6.45) is 9.53. The summed E-state index contributed by atoms with van der Waals surface area (Å²) in [5, 5.41) is 18.2. The van der Waals surface area contributed by atoms with E-state index in [1.165, 1.54) is 4.68 Å². The number of nitrogens with zero attached hydrogens (tertiary/aromatic N) is 6. The molecule has 1 saturated carbocycles. The van der Waals surface area contributed by atoms with E-state index in [1.807, 2.05) is 24.6 Å². The molecule has 1 atom stereocenters. The molecule has 10 nitrogen and oxygen atoms in total. The number of nitrogens with one attached hydrogen (secondary N) is 2. The van der Waals surface area contributed by atoms with Crippen LogP contribution in [0.15, 0.2) is 30.6 Å². The highest BCUT2D eigenvalue weighted by atomic mass is 16.2. The molecule has 4 rings (SSSR count). The van der Waals surface area contributed by atoms with E-state index in [9.17, 15) is 9.59 Å². The Morgan fingerprint density at radius 3 is 2.53 bits per heavy atom. The first-order valence-corrected chi connectivity index (χ1v) is 11.9. The van der Waals surface area contributed by atoms with Crippen LogP contribution in [0, 0.1) is 12.8 Å². The third-order valence-corrected chi connectivity index (χ3v) is 6.49. The second-order valence-corrected chi connectivity index (χ2v) is 8.80. The molecule has 1 aliphatic rings. The zero-order valence-electron chi connectivity index (χ0n) is 20.0. The normalized spacial score (nSPS) is 15.5. The number of aryl methyl sites for hydroxylation is 3. The van der Waals surface area contributed by atoms with Gasteiger partial charge in [0.1, 0.15) is 17.6 Å². The number of anilines is 1. The zero-order chi connectivity index (χ0) is 24.1. The first-order valence-electron chi connectivity index (χ1n) is 11.9. The van der Waals surface area contributed by atoms with Crippen molar-refractivity contribution in [2.45, 2.75) is 65.0 Å². The fourth-order valence-electron chi connectivity index (χ4n) is 4.64. The number of amides is 2. The monoisotopic (exact) mass is 464 g/mol. The van der Waals surface area contributed by atoms with E-state index >= 15 is 0 Å². The van der Waals surface area contributed by atoms with E-state index in [0.29, 0.717) is 18.1 Å². The van der Waals surface area contributed by atoms with Crippen LogP contribution < -0.4 is 10.6 Å². The maximum absolute atomic E-state index is 13.4. The lowest BCUT2D eigenvalue weighted by atomic mass is 9.91. The van der Waals surface area contributed by atoms with E-state index in [4.69, 9.17) is 0 Å². The molecular weight excluding hydrogens is 432 g/mol. The van der Waals surface area contributed by atoms with Gasteiger partial charge < -0.3 is 10.6 Å². The summed E-state index contributed by atoms with van der Waals surface area (Å²) in [5.74, 6) is -0.0375. The second-order valence-electron chi connectivity index (χ2n) is 8.80. The molecule has 1 fully saturated rings. The Labute approximate surface area is 199 Å². The molecule has 0 aromatic carbocycles. The van der Waals surface area contributed by atoms with Crippen molar-refractivity contribution in [3.05, 3.63) is 42.0 Å². The van der Waals surface area contributed by atoms with E-state index in [1.54, 1.807) is 31.6 Å². The van der Waals surface area contributed by atoms with Gasteiger partial charge in [-0.2, -0.15) is 5.10 Å². The van der Waals surface area contributed by atoms with Gasteiger partial charge in [-0.3, -0.25) is 14.3 Å². The van der Waals surface area contributed by atoms with Gasteiger partial charge in [-0.25, -0.2) is 9.67 Å². The van der Waals surface area contributed by atoms with Gasteiger partial charge in [0.2, 0.25) is 5.91 Å². The summed E-state index contributed by atoms with van der Waals surface area (Å²) in [6, 6.07) is 4.67. The van der Waals surface area contributed by atoms with Crippen LogP contribution in [0.2, 0.25) is 0 Å². The van der Waals surface area contributed by atoms with Crippen molar-refractivity contribution >= 4 is 17.6 Å². The molecule has 0 unspecified atom stereocenters. The molecule has 3 aromatic heterocycles. The molecular formula is C24H32N8O2. The predicted octanol–water partition coefficient (Wildman–Crippen LogP) is 3.11. The smallest absolute Gasteiger partial charge is 0.270 e. The molecule has 0 radical (unpaired) electrons. The molecule has 34 heavy (non-hydrogen) atoms. The van der Waals surface area contributed by atoms with Crippen molar-refractivity contribution in [1.29, 1.82) is 0 Å². The number of carbonyl (C=O) groups is 2. The largest absolute Gasteiger partial charge is 0.339 e. The summed E-state index contributed by atoms with van der Waals surface area (Å²) >= 11 is 0. The molecule has 0 bridgehead atoms. The van der Waals surface area contributed by atoms with Crippen molar-refractivity contribution in [3.8, 4) is 11.3 Å². The molecule has 10 heteroatoms. The van der Waals surface area contributed by atoms with Crippen molar-refractivity contribution in [2.24, 2.45) is 13.0 Å². The average Bonchev–Trinajstić information content (AvgIpc) is 3.32. The van der Waals surface area contributed by atoms with Crippen LogP contribution in [0.4, 0.5) is 5.82 Å². The van der Waals surface area contributed by atoms with Crippen molar-refractivity contribution in [1.82, 2.24) is 35.1 Å². The van der Waals surface area contributed by atoms with Crippen LogP contribution >= 0.6 is 0 Å². The van der Waals surface area contributed by atoms with Crippen LogP contribution in [-0.4, -0.2) is 47.6 Å². The Morgan fingerprint density at radius 2 is 1.91 bits per heavy atom. The summed E-state index contributed by atoms with van der Waals surface area (Å²) in [6.45, 7) is 4.62. The second kappa shape index (κ2) is 10.6. The average molecular weight is 465 g/mol. The Balaban J connectivity index is 1.52. The van der Waals surface area contributed by atoms with E-state index < -0.39 is 6.04 Å². The maximum atomic E-state index is 13.4. The minimum absolute atomic E-state index is 0.0755. The highest BCUT2D eigenvalue weighted by Gasteiger charge is 2.31. The minimum atomic E-state index is -0.644. The molecule has 2 amide bonds. The number of pyridine rings is 1. The van der Waals surface area contributed by atoms with E-state index in [0.717, 1.165) is 55.5 Å². The number of carbonyl (C=O) groups excluding carboxylic acids is 2. The Bertz CT molecular complexity index is 1130. The lowest BCUT2D eigenvalue weighted by Gasteiger charge is -2.26. The van der Waals surface area contributed by atoms with Gasteiger partial charge in [-0.15, -0.1) is 5.10 Å². The van der Waals surface area contributed by atoms with Gasteiger partial charge in [0.15, 0.2) is 0 Å². The van der Waals surface area contributed by atoms with Gasteiger partial charge in [0.25, 0.3) is 5.91 Å². The fraction of sp³-hybridized carbons (Fsp3) is 0.500. The minimum Gasteiger partial charge on any atom is -0.339 e. The Morgan fingerprint density at radius 1 is 1.15 bits per heavy atom. The Kier molecular flexibility index (Phi) is 7.34. The SMILES string of the molecule is CCn1nnc(C)c1-c1ccc(NC(=O)[C@@H](NC(=O)c2ccnn2C)C2CCCCCC2)nc1. The fourth-order valence-corrected chi connectivity index (χ4v) is 4.64. The Hall–Kier alpha value is -3.56. The molecule has 0 spiro atoms. The predicted molar refractivity (Wildman–Crippen MR) is 128 cm³/mol. The van der Waals surface area contributed by atoms with Crippen molar-refractivity contribution in [3.63, 3.8) is 0 Å². The highest BCUT2D eigenvalue weighted by molar-refractivity contribution is 6.00. The third-order valence-electron chi connectivity index (χ3n) is 6.49. The molecule has 1 aliphatic carbocycles. The van der Waals surface area contributed by atoms with E-state index in [2.05, 4.69) is 31.0 Å². The van der Waals surface area contributed by atoms with Crippen LogP contribution in [0.3, 0.4) is 0 Å². The van der Waals surface area contributed by atoms with Gasteiger partial charge >= 0.3 is 0 Å². The summed E-state index contributed by atoms with van der Waals surface area (Å²) in [5.41, 5.74) is 3.04. The molecule has 180 valence electrons. The van der Waals surface area contributed by atoms with Gasteiger partial charge in [-0.05, 0) is 50.8 Å². The van der Waals surface area contributed by atoms with Crippen LogP contribution in [-0.2, 0) is 18.4 Å². The van der Waals surface area contributed by atoms with Crippen LogP contribution in [0.25, 0.3) is 11.3 Å². The third kappa shape index (κ3) is 5.16. The van der Waals surface area contributed by atoms with Crippen molar-refractivity contribution in [2.75, 3.05) is 5.32 Å². The number of hydrogen-bond donors (Lipinski definition) is 2. The highest BCUT2D eigenvalue weighted by Crippen LogP contribution is 2.27. The van der Waals surface area contributed by atoms with Gasteiger partial charge in [0.05, 0.1) is 11.4 Å². The molecule has 3 aromatic rings. The lowest BCUT2D eigenvalue weighted by molar-refractivity contribution is -0.119. The van der Waals surface area contributed by atoms with Crippen LogP contribution in [0.5, 0.6) is 0 Å². The van der Waals surface area contributed by atoms with Gasteiger partial charge in [0, 0.05) is 31.5 Å². The standard InChI is InChI=1S/C24H32N8O2/c1-4-32-22(16(2)29-30-32)18-11-12-20(25-15-18)27-24(34)21(17-9-7-5-6-8-10-17)28-23(33)19-13-14-26-31(19)3/h11-15,17,21H,4-10H2,1-3H3,(H,28,33)(H,25,27,34)/t21-/m0/s1. The number of hydrogen-bond acceptors (Lipinski definition) is 6. The maximum Gasteiger partial charge on any atom is 0.270 e. The number of aromatic nitrogens is 6. The summed E-state index contributed by atoms with van der Waals surface area (Å²) in [4.78, 5) is 30.7. The first-order chi connectivity index (χ1) is 16.5. The van der Waals surface area contributed by atoms with E-state index in [-0.39, 0.29) is 17.7 Å². The first kappa shape index (κ1) is 23.6. The zero-order valence-corrected chi connectivity index (χ0v) is 20.0. The topological polar surface area (TPSA) is 120 Å². The summed E-state index contributed by atoms with van der Waals surface area (Å²) in [7, 11) is 1.71. The molecule has 0 aliphatic heterocycles. The quantitative estimate of drug-likeness (QED) is 0.519. The number of rotatable bonds is 7. The lowest BCUT2D eigenvalue weighted by Crippen LogP contribution is -2.49. The van der Waals surface area contributed by atoms with Gasteiger partial charge in [-0.1, -0.05) is 30.9 Å². The molecule has 2 N–H and O–H groups in total. The van der Waals surface area contributed by atoms with Crippen LogP contribution in [0.1, 0.15) is 61.6 Å². The molecule has 3 heterocycles. The van der Waals surface area contributed by atoms with Crippen molar-refractivity contribution < 1.29 is 9.59 Å². The molecule has 0 saturated heterocycles. The summed E-state index contributed by atoms with van der Waals surface area (Å²) < 4.78 is 3.33.